The molecule has 0 aliphatic heterocycles. The van der Waals surface area contributed by atoms with E-state index >= 15 is 0 Å². The number of nitrogens with zero attached hydrogens (tertiary/aromatic N) is 1. The van der Waals surface area contributed by atoms with Crippen molar-refractivity contribution in [2.24, 2.45) is 0 Å². The third-order valence-electron chi connectivity index (χ3n) is 3.22. The van der Waals surface area contributed by atoms with Crippen molar-refractivity contribution in [2.45, 2.75) is 32.7 Å². The summed E-state index contributed by atoms with van der Waals surface area (Å²) in [5, 5.41) is 0. The monoisotopic (exact) mass is 254 g/mol. The maximum absolute atomic E-state index is 13.4. The molecule has 0 radical (unpaired) electrons. The number of rotatable bonds is 7. The highest BCUT2D eigenvalue weighted by Gasteiger charge is 2.18. The Morgan fingerprint density at radius 3 is 2.56 bits per heavy atom. The van der Waals surface area contributed by atoms with Crippen LogP contribution < -0.4 is 10.6 Å². The van der Waals surface area contributed by atoms with Gasteiger partial charge in [-0.3, -0.25) is 0 Å². The van der Waals surface area contributed by atoms with Gasteiger partial charge in [0.1, 0.15) is 5.82 Å². The maximum Gasteiger partial charge on any atom is 0.125 e. The lowest BCUT2D eigenvalue weighted by atomic mass is 10.1. The van der Waals surface area contributed by atoms with Crippen molar-refractivity contribution in [3.63, 3.8) is 0 Å². The lowest BCUT2D eigenvalue weighted by molar-refractivity contribution is 0.202. The Morgan fingerprint density at radius 1 is 1.33 bits per heavy atom. The highest BCUT2D eigenvalue weighted by atomic mass is 19.1. The molecule has 18 heavy (non-hydrogen) atoms. The minimum Gasteiger partial charge on any atom is -0.397 e. The lowest BCUT2D eigenvalue weighted by Gasteiger charge is -2.33. The molecule has 0 bridgehead atoms. The molecule has 3 nitrogen and oxygen atoms in total. The van der Waals surface area contributed by atoms with Crippen molar-refractivity contribution in [3.8, 4) is 0 Å². The molecular formula is C14H23FN2O. The van der Waals surface area contributed by atoms with Crippen LogP contribution in [0.5, 0.6) is 0 Å². The van der Waals surface area contributed by atoms with Crippen molar-refractivity contribution in [2.75, 3.05) is 30.9 Å². The third kappa shape index (κ3) is 3.60. The zero-order valence-corrected chi connectivity index (χ0v) is 11.4. The summed E-state index contributed by atoms with van der Waals surface area (Å²) in [4.78, 5) is 2.14. The minimum absolute atomic E-state index is 0.257. The fourth-order valence-electron chi connectivity index (χ4n) is 2.18. The van der Waals surface area contributed by atoms with E-state index in [1.54, 1.807) is 13.2 Å². The average Bonchev–Trinajstić information content (AvgIpc) is 2.38. The topological polar surface area (TPSA) is 38.5 Å². The molecule has 1 aromatic rings. The summed E-state index contributed by atoms with van der Waals surface area (Å²) in [5.74, 6) is -0.257. The molecule has 0 spiro atoms. The second kappa shape index (κ2) is 7.21. The smallest absolute Gasteiger partial charge is 0.125 e. The van der Waals surface area contributed by atoms with Crippen molar-refractivity contribution >= 4 is 11.4 Å². The molecule has 0 fully saturated rings. The number of hydrogen-bond acceptors (Lipinski definition) is 3. The van der Waals surface area contributed by atoms with Gasteiger partial charge in [0.05, 0.1) is 18.0 Å². The van der Waals surface area contributed by atoms with Crippen LogP contribution in [-0.4, -0.2) is 26.3 Å². The molecule has 1 aromatic carbocycles. The first-order valence-electron chi connectivity index (χ1n) is 6.44. The number of methoxy groups -OCH3 is 1. The molecule has 0 unspecified atom stereocenters. The summed E-state index contributed by atoms with van der Waals surface area (Å²) in [6, 6.07) is 4.86. The fourth-order valence-corrected chi connectivity index (χ4v) is 2.18. The zero-order valence-electron chi connectivity index (χ0n) is 11.4. The number of halogens is 1. The predicted octanol–water partition coefficient (Wildman–Crippen LogP) is 3.05. The first kappa shape index (κ1) is 14.8. The van der Waals surface area contributed by atoms with E-state index in [1.165, 1.54) is 12.1 Å². The van der Waals surface area contributed by atoms with Gasteiger partial charge in [0.2, 0.25) is 0 Å². The van der Waals surface area contributed by atoms with Crippen LogP contribution in [0.25, 0.3) is 0 Å². The molecule has 1 rings (SSSR count). The van der Waals surface area contributed by atoms with E-state index in [-0.39, 0.29) is 5.82 Å². The van der Waals surface area contributed by atoms with Crippen molar-refractivity contribution in [1.82, 2.24) is 0 Å². The van der Waals surface area contributed by atoms with Gasteiger partial charge >= 0.3 is 0 Å². The Balaban J connectivity index is 3.03. The van der Waals surface area contributed by atoms with Crippen LogP contribution in [-0.2, 0) is 4.74 Å². The van der Waals surface area contributed by atoms with Crippen LogP contribution in [0.3, 0.4) is 0 Å². The fraction of sp³-hybridized carbons (Fsp3) is 0.571. The lowest BCUT2D eigenvalue weighted by Crippen LogP contribution is -2.37. The van der Waals surface area contributed by atoms with E-state index < -0.39 is 0 Å². The molecule has 0 saturated carbocycles. The second-order valence-corrected chi connectivity index (χ2v) is 4.36. The highest BCUT2D eigenvalue weighted by Crippen LogP contribution is 2.27. The van der Waals surface area contributed by atoms with E-state index in [4.69, 9.17) is 10.5 Å². The minimum atomic E-state index is -0.257. The number of anilines is 2. The summed E-state index contributed by atoms with van der Waals surface area (Å²) in [6.45, 7) is 5.58. The maximum atomic E-state index is 13.4. The van der Waals surface area contributed by atoms with Gasteiger partial charge in [-0.15, -0.1) is 0 Å². The van der Waals surface area contributed by atoms with Gasteiger partial charge in [-0.05, 0) is 31.0 Å². The predicted molar refractivity (Wildman–Crippen MR) is 74.4 cm³/mol. The first-order valence-corrected chi connectivity index (χ1v) is 6.44. The molecule has 102 valence electrons. The summed E-state index contributed by atoms with van der Waals surface area (Å²) in [6.07, 6.45) is 1.99. The first-order chi connectivity index (χ1) is 8.63. The summed E-state index contributed by atoms with van der Waals surface area (Å²) in [7, 11) is 1.67. The molecule has 0 amide bonds. The Morgan fingerprint density at radius 2 is 2.00 bits per heavy atom. The zero-order chi connectivity index (χ0) is 13.5. The SMILES string of the molecule is CCC(CC)N(CCOC)c1cc(F)ccc1N. The number of nitrogen functional groups attached to an aromatic ring is 1. The van der Waals surface area contributed by atoms with Crippen LogP contribution >= 0.6 is 0 Å². The van der Waals surface area contributed by atoms with Crippen molar-refractivity contribution in [1.29, 1.82) is 0 Å². The van der Waals surface area contributed by atoms with Gasteiger partial charge in [-0.1, -0.05) is 13.8 Å². The molecule has 0 aliphatic rings. The number of benzene rings is 1. The number of hydrogen-bond donors (Lipinski definition) is 1. The molecule has 0 heterocycles. The van der Waals surface area contributed by atoms with Crippen LogP contribution in [0.2, 0.25) is 0 Å². The molecule has 0 saturated heterocycles. The van der Waals surface area contributed by atoms with Gasteiger partial charge in [0, 0.05) is 19.7 Å². The van der Waals surface area contributed by atoms with Crippen LogP contribution in [0.1, 0.15) is 26.7 Å². The summed E-state index contributed by atoms with van der Waals surface area (Å²) in [5.41, 5.74) is 7.34. The second-order valence-electron chi connectivity index (χ2n) is 4.36. The Hall–Kier alpha value is -1.29. The standard InChI is InChI=1S/C14H23FN2O/c1-4-12(5-2)17(8-9-18-3)14-10-11(15)6-7-13(14)16/h6-7,10,12H,4-5,8-9,16H2,1-3H3. The van der Waals surface area contributed by atoms with Crippen molar-refractivity contribution < 1.29 is 9.13 Å². The van der Waals surface area contributed by atoms with Gasteiger partial charge in [0.15, 0.2) is 0 Å². The van der Waals surface area contributed by atoms with Crippen molar-refractivity contribution in [3.05, 3.63) is 24.0 Å². The Kier molecular flexibility index (Phi) is 5.92. The van der Waals surface area contributed by atoms with Crippen LogP contribution in [0.4, 0.5) is 15.8 Å². The molecular weight excluding hydrogens is 231 g/mol. The van der Waals surface area contributed by atoms with Gasteiger partial charge in [0.25, 0.3) is 0 Å². The summed E-state index contributed by atoms with van der Waals surface area (Å²) >= 11 is 0. The normalized spacial score (nSPS) is 10.9. The van der Waals surface area contributed by atoms with Gasteiger partial charge in [-0.25, -0.2) is 4.39 Å². The van der Waals surface area contributed by atoms with Gasteiger partial charge in [-0.2, -0.15) is 0 Å². The van der Waals surface area contributed by atoms with Crippen LogP contribution in [0.15, 0.2) is 18.2 Å². The van der Waals surface area contributed by atoms with Crippen LogP contribution in [0, 0.1) is 5.82 Å². The largest absolute Gasteiger partial charge is 0.397 e. The van der Waals surface area contributed by atoms with E-state index in [1.807, 2.05) is 0 Å². The molecule has 0 atom stereocenters. The highest BCUT2D eigenvalue weighted by molar-refractivity contribution is 5.68. The Labute approximate surface area is 109 Å². The quantitative estimate of drug-likeness (QED) is 0.760. The Bertz CT molecular complexity index is 367. The van der Waals surface area contributed by atoms with E-state index in [0.29, 0.717) is 18.3 Å². The molecule has 4 heteroatoms. The number of ether oxygens (including phenoxy) is 1. The van der Waals surface area contributed by atoms with Gasteiger partial charge < -0.3 is 15.4 Å². The summed E-state index contributed by atoms with van der Waals surface area (Å²) < 4.78 is 18.5. The van der Waals surface area contributed by atoms with E-state index in [0.717, 1.165) is 25.1 Å². The van der Waals surface area contributed by atoms with E-state index in [2.05, 4.69) is 18.7 Å². The number of nitrogens with two attached hydrogens (primary N) is 1. The molecule has 0 aliphatic carbocycles. The average molecular weight is 254 g/mol. The molecule has 0 aromatic heterocycles. The third-order valence-corrected chi connectivity index (χ3v) is 3.22. The molecule has 2 N–H and O–H groups in total. The van der Waals surface area contributed by atoms with E-state index in [9.17, 15) is 4.39 Å².